The fourth-order valence-corrected chi connectivity index (χ4v) is 5.65. The van der Waals surface area contributed by atoms with Crippen LogP contribution in [-0.2, 0) is 22.6 Å². The van der Waals surface area contributed by atoms with Crippen LogP contribution in [0.4, 0.5) is 0 Å². The molecule has 196 valence electrons. The lowest BCUT2D eigenvalue weighted by atomic mass is 9.82. The number of ether oxygens (including phenoxy) is 3. The highest BCUT2D eigenvalue weighted by Crippen LogP contribution is 2.48. The van der Waals surface area contributed by atoms with Crippen LogP contribution in [0.3, 0.4) is 0 Å². The average molecular weight is 513 g/mol. The first-order valence-electron chi connectivity index (χ1n) is 13.0. The first kappa shape index (κ1) is 25.7. The summed E-state index contributed by atoms with van der Waals surface area (Å²) in [6.07, 6.45) is 5.25. The highest BCUT2D eigenvalue weighted by Gasteiger charge is 2.39. The number of esters is 1. The number of pyridine rings is 1. The summed E-state index contributed by atoms with van der Waals surface area (Å²) in [6.45, 7) is 1.77. The van der Waals surface area contributed by atoms with Gasteiger partial charge in [-0.25, -0.2) is 4.98 Å². The van der Waals surface area contributed by atoms with Gasteiger partial charge in [0.15, 0.2) is 0 Å². The number of hydrogen-bond donors (Lipinski definition) is 1. The molecule has 38 heavy (non-hydrogen) atoms. The SMILES string of the molecule is COC(=O)C(C)C(c1ccc2c(c1)OC(c1ccc(-c3cc(OC)ncc3C#N)c(CO)c1)CC2)C1CC1. The number of benzene rings is 2. The van der Waals surface area contributed by atoms with Gasteiger partial charge in [-0.2, -0.15) is 5.26 Å². The van der Waals surface area contributed by atoms with E-state index < -0.39 is 0 Å². The number of carbonyl (C=O) groups excluding carboxylic acids is 1. The molecular weight excluding hydrogens is 480 g/mol. The maximum atomic E-state index is 12.3. The van der Waals surface area contributed by atoms with Crippen molar-refractivity contribution in [3.05, 3.63) is 76.5 Å². The Bertz CT molecular complexity index is 1390. The summed E-state index contributed by atoms with van der Waals surface area (Å²) in [6, 6.07) is 16.1. The van der Waals surface area contributed by atoms with Crippen LogP contribution in [0.25, 0.3) is 11.1 Å². The van der Waals surface area contributed by atoms with Gasteiger partial charge in [0.25, 0.3) is 0 Å². The van der Waals surface area contributed by atoms with E-state index in [0.29, 0.717) is 28.5 Å². The van der Waals surface area contributed by atoms with Crippen LogP contribution >= 0.6 is 0 Å². The summed E-state index contributed by atoms with van der Waals surface area (Å²) in [4.78, 5) is 16.5. The molecule has 1 aliphatic heterocycles. The quantitative estimate of drug-likeness (QED) is 0.398. The number of methoxy groups -OCH3 is 2. The molecule has 7 heteroatoms. The largest absolute Gasteiger partial charge is 0.485 e. The molecule has 1 fully saturated rings. The van der Waals surface area contributed by atoms with E-state index in [2.05, 4.69) is 29.3 Å². The zero-order chi connectivity index (χ0) is 26.8. The summed E-state index contributed by atoms with van der Waals surface area (Å²) < 4.78 is 16.8. The van der Waals surface area contributed by atoms with Gasteiger partial charge in [0.2, 0.25) is 5.88 Å². The molecule has 2 aliphatic rings. The third-order valence-electron chi connectivity index (χ3n) is 7.83. The van der Waals surface area contributed by atoms with Gasteiger partial charge in [-0.1, -0.05) is 31.2 Å². The summed E-state index contributed by atoms with van der Waals surface area (Å²) in [7, 11) is 2.97. The van der Waals surface area contributed by atoms with Crippen LogP contribution in [0.15, 0.2) is 48.7 Å². The van der Waals surface area contributed by atoms with Gasteiger partial charge in [-0.3, -0.25) is 4.79 Å². The number of rotatable bonds is 8. The Labute approximate surface area is 223 Å². The topological polar surface area (TPSA) is 102 Å². The second kappa shape index (κ2) is 10.8. The third-order valence-corrected chi connectivity index (χ3v) is 7.83. The fourth-order valence-electron chi connectivity index (χ4n) is 5.65. The highest BCUT2D eigenvalue weighted by atomic mass is 16.5. The molecular formula is C31H32N2O5. The minimum atomic E-state index is -0.213. The number of fused-ring (bicyclic) bond motifs is 1. The van der Waals surface area contributed by atoms with E-state index in [1.165, 1.54) is 20.4 Å². The molecule has 1 saturated carbocycles. The molecule has 3 unspecified atom stereocenters. The van der Waals surface area contributed by atoms with Gasteiger partial charge < -0.3 is 19.3 Å². The van der Waals surface area contributed by atoms with Crippen molar-refractivity contribution < 1.29 is 24.1 Å². The van der Waals surface area contributed by atoms with Crippen LogP contribution in [0.5, 0.6) is 11.6 Å². The fraction of sp³-hybridized carbons (Fsp3) is 0.387. The first-order chi connectivity index (χ1) is 18.5. The Morgan fingerprint density at radius 3 is 2.66 bits per heavy atom. The van der Waals surface area contributed by atoms with E-state index in [1.807, 2.05) is 25.1 Å². The molecule has 1 aliphatic carbocycles. The number of aliphatic hydroxyl groups is 1. The van der Waals surface area contributed by atoms with Crippen molar-refractivity contribution in [1.29, 1.82) is 5.26 Å². The molecule has 0 saturated heterocycles. The molecule has 0 radical (unpaired) electrons. The first-order valence-corrected chi connectivity index (χ1v) is 13.0. The second-order valence-electron chi connectivity index (χ2n) is 10.1. The number of carbonyl (C=O) groups is 1. The van der Waals surface area contributed by atoms with Crippen molar-refractivity contribution in [3.8, 4) is 28.8 Å². The third kappa shape index (κ3) is 4.97. The van der Waals surface area contributed by atoms with Gasteiger partial charge in [-0.05, 0) is 77.5 Å². The molecule has 1 N–H and O–H groups in total. The van der Waals surface area contributed by atoms with E-state index in [9.17, 15) is 15.2 Å². The van der Waals surface area contributed by atoms with Crippen LogP contribution in [0.2, 0.25) is 0 Å². The molecule has 2 aromatic carbocycles. The molecule has 0 bridgehead atoms. The van der Waals surface area contributed by atoms with Crippen LogP contribution in [-0.4, -0.2) is 30.3 Å². The van der Waals surface area contributed by atoms with Crippen molar-refractivity contribution >= 4 is 5.97 Å². The number of nitriles is 1. The summed E-state index contributed by atoms with van der Waals surface area (Å²) in [5.41, 5.74) is 5.79. The molecule has 0 spiro atoms. The van der Waals surface area contributed by atoms with Crippen molar-refractivity contribution in [2.75, 3.05) is 14.2 Å². The number of aliphatic hydroxyl groups excluding tert-OH is 1. The standard InChI is InChI=1S/C31H32N2O5/c1-18(31(35)37-3)30(20-5-6-20)22-7-4-19-9-11-27(38-28(19)13-22)21-8-10-25(23(12-21)17-34)26-14-29(36-2)33-16-24(26)15-32/h4,7-8,10,12-14,16,18,20,27,30,34H,5-6,9,11,17H2,1-3H3. The van der Waals surface area contributed by atoms with Crippen LogP contribution < -0.4 is 9.47 Å². The number of nitrogens with zero attached hydrogens (tertiary/aromatic N) is 2. The number of aryl methyl sites for hydroxylation is 1. The predicted molar refractivity (Wildman–Crippen MR) is 142 cm³/mol. The minimum Gasteiger partial charge on any atom is -0.485 e. The maximum absolute atomic E-state index is 12.3. The lowest BCUT2D eigenvalue weighted by Crippen LogP contribution is -2.23. The second-order valence-corrected chi connectivity index (χ2v) is 10.1. The normalized spacial score (nSPS) is 17.9. The van der Waals surface area contributed by atoms with E-state index in [1.54, 1.807) is 6.07 Å². The van der Waals surface area contributed by atoms with Crippen molar-refractivity contribution in [2.45, 2.75) is 51.2 Å². The molecule has 2 heterocycles. The van der Waals surface area contributed by atoms with Crippen molar-refractivity contribution in [2.24, 2.45) is 11.8 Å². The van der Waals surface area contributed by atoms with Crippen LogP contribution in [0, 0.1) is 23.2 Å². The van der Waals surface area contributed by atoms with Gasteiger partial charge in [0.1, 0.15) is 17.9 Å². The molecule has 0 amide bonds. The molecule has 3 aromatic rings. The Kier molecular flexibility index (Phi) is 7.35. The van der Waals surface area contributed by atoms with Gasteiger partial charge >= 0.3 is 5.97 Å². The number of hydrogen-bond acceptors (Lipinski definition) is 7. The lowest BCUT2D eigenvalue weighted by Gasteiger charge is -2.29. The zero-order valence-electron chi connectivity index (χ0n) is 21.9. The van der Waals surface area contributed by atoms with E-state index in [-0.39, 0.29) is 30.5 Å². The smallest absolute Gasteiger partial charge is 0.309 e. The summed E-state index contributed by atoms with van der Waals surface area (Å²) >= 11 is 0. The Morgan fingerprint density at radius 1 is 1.16 bits per heavy atom. The van der Waals surface area contributed by atoms with Crippen molar-refractivity contribution in [1.82, 2.24) is 4.98 Å². The predicted octanol–water partition coefficient (Wildman–Crippen LogP) is 5.49. The summed E-state index contributed by atoms with van der Waals surface area (Å²) in [5.74, 6) is 1.47. The van der Waals surface area contributed by atoms with Crippen molar-refractivity contribution in [3.63, 3.8) is 0 Å². The van der Waals surface area contributed by atoms with E-state index in [0.717, 1.165) is 53.7 Å². The molecule has 7 nitrogen and oxygen atoms in total. The zero-order valence-corrected chi connectivity index (χ0v) is 21.9. The van der Waals surface area contributed by atoms with E-state index in [4.69, 9.17) is 14.2 Å². The monoisotopic (exact) mass is 512 g/mol. The van der Waals surface area contributed by atoms with Crippen LogP contribution in [0.1, 0.15) is 66.0 Å². The average Bonchev–Trinajstić information content (AvgIpc) is 3.80. The Balaban J connectivity index is 1.44. The minimum absolute atomic E-state index is 0.115. The van der Waals surface area contributed by atoms with E-state index >= 15 is 0 Å². The Hall–Kier alpha value is -3.89. The maximum Gasteiger partial charge on any atom is 0.309 e. The molecule has 5 rings (SSSR count). The van der Waals surface area contributed by atoms with Gasteiger partial charge in [-0.15, -0.1) is 0 Å². The lowest BCUT2D eigenvalue weighted by molar-refractivity contribution is -0.145. The highest BCUT2D eigenvalue weighted by molar-refractivity contribution is 5.74. The van der Waals surface area contributed by atoms with Gasteiger partial charge in [0.05, 0.1) is 32.3 Å². The van der Waals surface area contributed by atoms with Gasteiger partial charge in [0, 0.05) is 17.8 Å². The summed E-state index contributed by atoms with van der Waals surface area (Å²) in [5, 5.41) is 19.8. The molecule has 3 atom stereocenters. The number of aromatic nitrogens is 1. The molecule has 1 aromatic heterocycles. The Morgan fingerprint density at radius 2 is 1.97 bits per heavy atom.